The van der Waals surface area contributed by atoms with E-state index >= 15 is 0 Å². The quantitative estimate of drug-likeness (QED) is 0.545. The van der Waals surface area contributed by atoms with Gasteiger partial charge in [-0.3, -0.25) is 9.59 Å². The van der Waals surface area contributed by atoms with Gasteiger partial charge >= 0.3 is 6.18 Å². The zero-order valence-corrected chi connectivity index (χ0v) is 13.2. The molecule has 0 radical (unpaired) electrons. The number of hydrogen-bond donors (Lipinski definition) is 2. The van der Waals surface area contributed by atoms with E-state index in [9.17, 15) is 27.9 Å². The third kappa shape index (κ3) is 3.37. The lowest BCUT2D eigenvalue weighted by atomic mass is 10.1. The van der Waals surface area contributed by atoms with Gasteiger partial charge in [0.05, 0.1) is 11.1 Å². The van der Waals surface area contributed by atoms with Crippen molar-refractivity contribution in [2.24, 2.45) is 0 Å². The van der Waals surface area contributed by atoms with Crippen LogP contribution in [0, 0.1) is 0 Å². The lowest BCUT2D eigenvalue weighted by Crippen LogP contribution is -2.16. The van der Waals surface area contributed by atoms with Crippen LogP contribution in [0.4, 0.5) is 13.2 Å². The number of aromatic amines is 1. The Labute approximate surface area is 145 Å². The lowest BCUT2D eigenvalue weighted by Gasteiger charge is -2.06. The largest absolute Gasteiger partial charge is 0.506 e. The smallest absolute Gasteiger partial charge is 0.416 e. The average Bonchev–Trinajstić information content (AvgIpc) is 2.59. The van der Waals surface area contributed by atoms with E-state index in [0.29, 0.717) is 16.5 Å². The zero-order valence-electron chi connectivity index (χ0n) is 13.2. The first-order valence-corrected chi connectivity index (χ1v) is 7.51. The minimum absolute atomic E-state index is 0.318. The first-order chi connectivity index (χ1) is 12.3. The molecule has 0 aliphatic carbocycles. The van der Waals surface area contributed by atoms with Gasteiger partial charge in [0.15, 0.2) is 5.78 Å². The maximum Gasteiger partial charge on any atom is 0.416 e. The van der Waals surface area contributed by atoms with Crippen molar-refractivity contribution in [3.8, 4) is 5.75 Å². The van der Waals surface area contributed by atoms with E-state index in [0.717, 1.165) is 18.2 Å². The summed E-state index contributed by atoms with van der Waals surface area (Å²) in [6, 6.07) is 10.7. The van der Waals surface area contributed by atoms with Gasteiger partial charge in [0.2, 0.25) is 0 Å². The van der Waals surface area contributed by atoms with Crippen molar-refractivity contribution in [3.63, 3.8) is 0 Å². The number of rotatable bonds is 3. The first-order valence-electron chi connectivity index (χ1n) is 7.51. The molecule has 132 valence electrons. The molecule has 0 amide bonds. The molecule has 0 unspecified atom stereocenters. The van der Waals surface area contributed by atoms with E-state index in [1.807, 2.05) is 0 Å². The van der Waals surface area contributed by atoms with Gasteiger partial charge in [0, 0.05) is 5.39 Å². The van der Waals surface area contributed by atoms with Crippen molar-refractivity contribution >= 4 is 22.8 Å². The maximum absolute atomic E-state index is 12.5. The minimum Gasteiger partial charge on any atom is -0.506 e. The Hall–Kier alpha value is -3.35. The fourth-order valence-electron chi connectivity index (χ4n) is 2.49. The number of carbonyl (C=O) groups excluding carboxylic acids is 1. The Kier molecular flexibility index (Phi) is 4.38. The predicted molar refractivity (Wildman–Crippen MR) is 91.0 cm³/mol. The van der Waals surface area contributed by atoms with Crippen LogP contribution in [0.15, 0.2) is 59.4 Å². The second kappa shape index (κ2) is 6.51. The molecule has 2 aromatic carbocycles. The van der Waals surface area contributed by atoms with Crippen LogP contribution in [0.5, 0.6) is 5.75 Å². The maximum atomic E-state index is 12.5. The van der Waals surface area contributed by atoms with Crippen molar-refractivity contribution in [2.45, 2.75) is 6.18 Å². The summed E-state index contributed by atoms with van der Waals surface area (Å²) in [7, 11) is 0. The zero-order chi connectivity index (χ0) is 18.9. The summed E-state index contributed by atoms with van der Waals surface area (Å²) in [4.78, 5) is 26.9. The van der Waals surface area contributed by atoms with Gasteiger partial charge in [0.1, 0.15) is 11.3 Å². The monoisotopic (exact) mass is 359 g/mol. The molecule has 0 saturated heterocycles. The first kappa shape index (κ1) is 17.5. The normalized spacial score (nSPS) is 12.0. The molecule has 0 saturated carbocycles. The Balaban J connectivity index is 1.92. The summed E-state index contributed by atoms with van der Waals surface area (Å²) < 4.78 is 37.6. The van der Waals surface area contributed by atoms with Crippen LogP contribution in [0.3, 0.4) is 0 Å². The van der Waals surface area contributed by atoms with Gasteiger partial charge in [-0.05, 0) is 35.9 Å². The van der Waals surface area contributed by atoms with E-state index < -0.39 is 34.4 Å². The van der Waals surface area contributed by atoms with Crippen LogP contribution in [0.2, 0.25) is 0 Å². The number of fused-ring (bicyclic) bond motifs is 1. The predicted octanol–water partition coefficient (Wildman–Crippen LogP) is 4.15. The molecule has 0 spiro atoms. The highest BCUT2D eigenvalue weighted by Gasteiger charge is 2.29. The van der Waals surface area contributed by atoms with Gasteiger partial charge in [-0.1, -0.05) is 30.3 Å². The number of aromatic nitrogens is 1. The third-order valence-electron chi connectivity index (χ3n) is 3.81. The number of benzene rings is 2. The number of H-pyrrole nitrogens is 1. The molecule has 3 aromatic rings. The highest BCUT2D eigenvalue weighted by Crippen LogP contribution is 2.29. The van der Waals surface area contributed by atoms with Crippen LogP contribution in [0.1, 0.15) is 21.5 Å². The number of nitrogens with one attached hydrogen (secondary N) is 1. The van der Waals surface area contributed by atoms with E-state index in [1.165, 1.54) is 18.2 Å². The number of alkyl halides is 3. The Morgan fingerprint density at radius 3 is 2.35 bits per heavy atom. The highest BCUT2D eigenvalue weighted by atomic mass is 19.4. The van der Waals surface area contributed by atoms with E-state index in [4.69, 9.17) is 0 Å². The van der Waals surface area contributed by atoms with Gasteiger partial charge in [0.25, 0.3) is 5.56 Å². The molecule has 1 heterocycles. The summed E-state index contributed by atoms with van der Waals surface area (Å²) in [6.45, 7) is 0. The third-order valence-corrected chi connectivity index (χ3v) is 3.81. The van der Waals surface area contributed by atoms with E-state index in [2.05, 4.69) is 4.98 Å². The number of aromatic hydroxyl groups is 1. The molecule has 26 heavy (non-hydrogen) atoms. The second-order valence-electron chi connectivity index (χ2n) is 5.54. The standard InChI is InChI=1S/C19H12F3NO3/c20-19(21,22)12-8-5-11(6-9-12)7-10-15(24)16-17(25)13-3-1-2-4-14(13)23-18(16)26/h1-10H,(H2,23,25,26)/b10-7+. The highest BCUT2D eigenvalue weighted by molar-refractivity contribution is 6.11. The molecule has 7 heteroatoms. The van der Waals surface area contributed by atoms with Crippen LogP contribution < -0.4 is 5.56 Å². The van der Waals surface area contributed by atoms with Gasteiger partial charge in [-0.2, -0.15) is 13.2 Å². The summed E-state index contributed by atoms with van der Waals surface area (Å²) >= 11 is 0. The van der Waals surface area contributed by atoms with Gasteiger partial charge < -0.3 is 10.1 Å². The van der Waals surface area contributed by atoms with Crippen molar-refractivity contribution in [1.29, 1.82) is 0 Å². The molecule has 0 bridgehead atoms. The fraction of sp³-hybridized carbons (Fsp3) is 0.0526. The van der Waals surface area contributed by atoms with Crippen LogP contribution in [-0.2, 0) is 6.18 Å². The van der Waals surface area contributed by atoms with Gasteiger partial charge in [-0.15, -0.1) is 0 Å². The molecule has 0 atom stereocenters. The number of hydrogen-bond acceptors (Lipinski definition) is 3. The summed E-state index contributed by atoms with van der Waals surface area (Å²) in [5, 5.41) is 10.5. The summed E-state index contributed by atoms with van der Waals surface area (Å²) in [6.07, 6.45) is -2.14. The Morgan fingerprint density at radius 2 is 1.69 bits per heavy atom. The molecular weight excluding hydrogens is 347 g/mol. The van der Waals surface area contributed by atoms with Crippen molar-refractivity contribution in [1.82, 2.24) is 4.98 Å². The molecule has 1 aromatic heterocycles. The molecule has 0 fully saturated rings. The molecule has 2 N–H and O–H groups in total. The molecule has 3 rings (SSSR count). The minimum atomic E-state index is -4.44. The van der Waals surface area contributed by atoms with Crippen molar-refractivity contribution in [3.05, 3.63) is 81.7 Å². The SMILES string of the molecule is O=C(/C=C/c1ccc(C(F)(F)F)cc1)c1c(O)c2ccccc2[nH]c1=O. The number of para-hydroxylation sites is 1. The number of ketones is 1. The molecule has 0 aliphatic heterocycles. The van der Waals surface area contributed by atoms with Crippen LogP contribution >= 0.6 is 0 Å². The number of halogens is 3. The van der Waals surface area contributed by atoms with Crippen molar-refractivity contribution in [2.75, 3.05) is 0 Å². The Bertz CT molecular complexity index is 1060. The summed E-state index contributed by atoms with van der Waals surface area (Å²) in [5.74, 6) is -1.19. The molecular formula is C19H12F3NO3. The van der Waals surface area contributed by atoms with Crippen LogP contribution in [0.25, 0.3) is 17.0 Å². The number of allylic oxidation sites excluding steroid dienone is 1. The average molecular weight is 359 g/mol. The lowest BCUT2D eigenvalue weighted by molar-refractivity contribution is -0.137. The second-order valence-corrected chi connectivity index (χ2v) is 5.54. The molecule has 4 nitrogen and oxygen atoms in total. The molecule has 0 aliphatic rings. The van der Waals surface area contributed by atoms with E-state index in [1.54, 1.807) is 24.3 Å². The fourth-order valence-corrected chi connectivity index (χ4v) is 2.49. The summed E-state index contributed by atoms with van der Waals surface area (Å²) in [5.41, 5.74) is -1.24. The number of pyridine rings is 1. The van der Waals surface area contributed by atoms with Crippen LogP contribution in [-0.4, -0.2) is 15.9 Å². The Morgan fingerprint density at radius 1 is 1.04 bits per heavy atom. The van der Waals surface area contributed by atoms with E-state index in [-0.39, 0.29) is 0 Å². The topological polar surface area (TPSA) is 70.2 Å². The van der Waals surface area contributed by atoms with Gasteiger partial charge in [-0.25, -0.2) is 0 Å². The van der Waals surface area contributed by atoms with Crippen molar-refractivity contribution < 1.29 is 23.1 Å². The number of carbonyl (C=O) groups is 1.